The smallest absolute Gasteiger partial charge is 0.0618 e. The van der Waals surface area contributed by atoms with Crippen LogP contribution in [0.15, 0.2) is 12.3 Å². The topological polar surface area (TPSA) is 3.24 Å². The summed E-state index contributed by atoms with van der Waals surface area (Å²) in [6, 6.07) is 0. The highest BCUT2D eigenvalue weighted by Gasteiger charge is 2.44. The van der Waals surface area contributed by atoms with Crippen molar-refractivity contribution in [3.63, 3.8) is 0 Å². The zero-order valence-electron chi connectivity index (χ0n) is 15.3. The van der Waals surface area contributed by atoms with Crippen molar-refractivity contribution in [3.8, 4) is 0 Å². The highest BCUT2D eigenvalue weighted by molar-refractivity contribution is 6.19. The third-order valence-corrected chi connectivity index (χ3v) is 5.24. The van der Waals surface area contributed by atoms with Crippen molar-refractivity contribution in [3.05, 3.63) is 12.3 Å². The third kappa shape index (κ3) is 5.20. The predicted molar refractivity (Wildman–Crippen MR) is 98.0 cm³/mol. The van der Waals surface area contributed by atoms with E-state index >= 15 is 0 Å². The molecule has 2 heteroatoms. The van der Waals surface area contributed by atoms with Gasteiger partial charge in [-0.2, -0.15) is 0 Å². The molecule has 0 N–H and O–H groups in total. The van der Waals surface area contributed by atoms with Crippen LogP contribution in [0.2, 0.25) is 0 Å². The van der Waals surface area contributed by atoms with Crippen molar-refractivity contribution >= 4 is 11.6 Å². The zero-order chi connectivity index (χ0) is 16.5. The molecule has 1 heterocycles. The molecule has 0 amide bonds. The van der Waals surface area contributed by atoms with Gasteiger partial charge in [0.1, 0.15) is 0 Å². The van der Waals surface area contributed by atoms with E-state index < -0.39 is 0 Å². The lowest BCUT2D eigenvalue weighted by atomic mass is 9.70. The second-order valence-corrected chi connectivity index (χ2v) is 6.55. The number of rotatable bonds is 3. The van der Waals surface area contributed by atoms with Gasteiger partial charge in [-0.25, -0.2) is 0 Å². The highest BCUT2D eigenvalue weighted by atomic mass is 35.5. The molecule has 1 saturated heterocycles. The fraction of sp³-hybridized carbons (Fsp3) is 0.895. The Labute approximate surface area is 139 Å². The number of allylic oxidation sites excluding steroid dienone is 1. The molecule has 2 atom stereocenters. The maximum Gasteiger partial charge on any atom is 0.0618 e. The minimum atomic E-state index is 0.416. The molecule has 0 bridgehead atoms. The first-order valence-electron chi connectivity index (χ1n) is 9.10. The predicted octanol–water partition coefficient (Wildman–Crippen LogP) is 6.47. The van der Waals surface area contributed by atoms with Crippen molar-refractivity contribution in [2.45, 2.75) is 85.6 Å². The Balaban J connectivity index is 0.000000921. The van der Waals surface area contributed by atoms with Gasteiger partial charge in [-0.05, 0) is 37.5 Å². The van der Waals surface area contributed by atoms with Crippen LogP contribution in [0.3, 0.4) is 0 Å². The van der Waals surface area contributed by atoms with Gasteiger partial charge in [-0.3, -0.25) is 0 Å². The highest BCUT2D eigenvalue weighted by Crippen LogP contribution is 2.47. The fourth-order valence-corrected chi connectivity index (χ4v) is 4.08. The van der Waals surface area contributed by atoms with E-state index in [1.54, 1.807) is 0 Å². The quantitative estimate of drug-likeness (QED) is 0.539. The van der Waals surface area contributed by atoms with E-state index in [1.165, 1.54) is 45.1 Å². The van der Waals surface area contributed by atoms with Crippen LogP contribution in [0.4, 0.5) is 0 Å². The summed E-state index contributed by atoms with van der Waals surface area (Å²) in [6.07, 6.45) is 8.19. The number of likely N-dealkylation sites (tertiary alicyclic amines) is 1. The molecule has 126 valence electrons. The van der Waals surface area contributed by atoms with Crippen molar-refractivity contribution in [2.75, 3.05) is 12.4 Å². The van der Waals surface area contributed by atoms with Crippen LogP contribution >= 0.6 is 11.6 Å². The normalized spacial score (nSPS) is 27.8. The lowest BCUT2D eigenvalue weighted by molar-refractivity contribution is 0.0790. The van der Waals surface area contributed by atoms with Crippen LogP contribution in [0.5, 0.6) is 0 Å². The molecule has 2 unspecified atom stereocenters. The molecule has 2 rings (SSSR count). The van der Waals surface area contributed by atoms with Crippen LogP contribution in [-0.4, -0.2) is 22.9 Å². The Morgan fingerprint density at radius 1 is 1.19 bits per heavy atom. The maximum atomic E-state index is 5.99. The summed E-state index contributed by atoms with van der Waals surface area (Å²) in [6.45, 7) is 18.1. The van der Waals surface area contributed by atoms with E-state index in [9.17, 15) is 0 Å². The first-order chi connectivity index (χ1) is 10.1. The van der Waals surface area contributed by atoms with Crippen LogP contribution in [0.1, 0.15) is 80.1 Å². The van der Waals surface area contributed by atoms with Gasteiger partial charge in [0.05, 0.1) is 5.88 Å². The van der Waals surface area contributed by atoms with Gasteiger partial charge in [0, 0.05) is 17.8 Å². The molecule has 0 aromatic carbocycles. The van der Waals surface area contributed by atoms with E-state index in [-0.39, 0.29) is 0 Å². The molecule has 2 fully saturated rings. The molecule has 21 heavy (non-hydrogen) atoms. The SMILES string of the molecule is C=C(CCl)N1CCCC12CCCC(C(C)C)C2.CC.CC. The molecule has 1 aliphatic heterocycles. The number of hydrogen-bond acceptors (Lipinski definition) is 1. The molecular formula is C19H38ClN. The van der Waals surface area contributed by atoms with Crippen LogP contribution in [-0.2, 0) is 0 Å². The molecule has 0 radical (unpaired) electrons. The second kappa shape index (κ2) is 10.5. The summed E-state index contributed by atoms with van der Waals surface area (Å²) >= 11 is 5.99. The molecular weight excluding hydrogens is 278 g/mol. The Hall–Kier alpha value is -0.170. The van der Waals surface area contributed by atoms with E-state index in [1.807, 2.05) is 27.7 Å². The monoisotopic (exact) mass is 315 g/mol. The second-order valence-electron chi connectivity index (χ2n) is 6.28. The number of alkyl halides is 1. The van der Waals surface area contributed by atoms with Crippen LogP contribution in [0, 0.1) is 11.8 Å². The van der Waals surface area contributed by atoms with Crippen molar-refractivity contribution in [2.24, 2.45) is 11.8 Å². The Morgan fingerprint density at radius 2 is 1.76 bits per heavy atom. The van der Waals surface area contributed by atoms with Gasteiger partial charge in [-0.15, -0.1) is 11.6 Å². The van der Waals surface area contributed by atoms with Gasteiger partial charge in [0.25, 0.3) is 0 Å². The summed E-state index contributed by atoms with van der Waals surface area (Å²) in [7, 11) is 0. The van der Waals surface area contributed by atoms with Gasteiger partial charge in [0.15, 0.2) is 0 Å². The summed E-state index contributed by atoms with van der Waals surface area (Å²) in [5, 5.41) is 0. The lowest BCUT2D eigenvalue weighted by Gasteiger charge is -2.47. The Bertz CT molecular complexity index is 287. The molecule has 1 spiro atoms. The van der Waals surface area contributed by atoms with Gasteiger partial charge >= 0.3 is 0 Å². The van der Waals surface area contributed by atoms with Crippen molar-refractivity contribution in [1.29, 1.82) is 0 Å². The molecule has 1 aliphatic carbocycles. The molecule has 0 aromatic heterocycles. The zero-order valence-corrected chi connectivity index (χ0v) is 16.1. The van der Waals surface area contributed by atoms with Crippen LogP contribution < -0.4 is 0 Å². The van der Waals surface area contributed by atoms with E-state index in [4.69, 9.17) is 11.6 Å². The Kier molecular flexibility index (Phi) is 10.5. The van der Waals surface area contributed by atoms with Crippen LogP contribution in [0.25, 0.3) is 0 Å². The summed E-state index contributed by atoms with van der Waals surface area (Å²) in [4.78, 5) is 2.55. The lowest BCUT2D eigenvalue weighted by Crippen LogP contribution is -2.47. The number of nitrogens with zero attached hydrogens (tertiary/aromatic N) is 1. The van der Waals surface area contributed by atoms with E-state index in [0.717, 1.165) is 17.5 Å². The number of hydrogen-bond donors (Lipinski definition) is 0. The van der Waals surface area contributed by atoms with E-state index in [0.29, 0.717) is 11.4 Å². The molecule has 0 aromatic rings. The summed E-state index contributed by atoms with van der Waals surface area (Å²) in [5.74, 6) is 2.31. The van der Waals surface area contributed by atoms with E-state index in [2.05, 4.69) is 25.3 Å². The largest absolute Gasteiger partial charge is 0.369 e. The van der Waals surface area contributed by atoms with Gasteiger partial charge in [-0.1, -0.05) is 61.0 Å². The summed E-state index contributed by atoms with van der Waals surface area (Å²) in [5.41, 5.74) is 1.56. The average molecular weight is 316 g/mol. The summed E-state index contributed by atoms with van der Waals surface area (Å²) < 4.78 is 0. The molecule has 2 aliphatic rings. The Morgan fingerprint density at radius 3 is 2.29 bits per heavy atom. The molecule has 1 nitrogen and oxygen atoms in total. The first kappa shape index (κ1) is 20.8. The van der Waals surface area contributed by atoms with Crippen molar-refractivity contribution in [1.82, 2.24) is 4.90 Å². The third-order valence-electron chi connectivity index (χ3n) is 4.93. The standard InChI is InChI=1S/C15H26ClN.2C2H6/c1-12(2)14-6-4-7-15(10-14)8-5-9-17(15)13(3)11-16;2*1-2/h12,14H,3-11H2,1-2H3;2*1-2H3. The molecule has 1 saturated carbocycles. The fourth-order valence-electron chi connectivity index (χ4n) is 3.93. The first-order valence-corrected chi connectivity index (χ1v) is 9.64. The van der Waals surface area contributed by atoms with Gasteiger partial charge in [0.2, 0.25) is 0 Å². The minimum absolute atomic E-state index is 0.416. The number of halogens is 1. The van der Waals surface area contributed by atoms with Crippen molar-refractivity contribution < 1.29 is 0 Å². The van der Waals surface area contributed by atoms with Gasteiger partial charge < -0.3 is 4.90 Å². The average Bonchev–Trinajstić information content (AvgIpc) is 2.93. The minimum Gasteiger partial charge on any atom is -0.369 e. The maximum absolute atomic E-state index is 5.99.